The molecule has 2 rings (SSSR count). The molecule has 0 spiro atoms. The zero-order valence-corrected chi connectivity index (χ0v) is 14.2. The Labute approximate surface area is 136 Å². The molecule has 1 saturated heterocycles. The summed E-state index contributed by atoms with van der Waals surface area (Å²) in [7, 11) is -3.79. The summed E-state index contributed by atoms with van der Waals surface area (Å²) in [6.45, 7) is 0.560. The van der Waals surface area contributed by atoms with Gasteiger partial charge in [-0.05, 0) is 25.0 Å². The summed E-state index contributed by atoms with van der Waals surface area (Å²) in [5.41, 5.74) is 0. The van der Waals surface area contributed by atoms with Gasteiger partial charge in [-0.2, -0.15) is 9.57 Å². The number of benzene rings is 1. The van der Waals surface area contributed by atoms with Crippen LogP contribution in [0.5, 0.6) is 0 Å². The van der Waals surface area contributed by atoms with Crippen molar-refractivity contribution in [3.05, 3.63) is 26.7 Å². The van der Waals surface area contributed by atoms with E-state index in [1.165, 1.54) is 16.4 Å². The van der Waals surface area contributed by atoms with Gasteiger partial charge in [-0.1, -0.05) is 39.1 Å². The van der Waals surface area contributed by atoms with Crippen LogP contribution in [0.4, 0.5) is 0 Å². The number of sulfonamides is 1. The van der Waals surface area contributed by atoms with Crippen LogP contribution in [0, 0.1) is 17.2 Å². The molecule has 108 valence electrons. The fourth-order valence-corrected chi connectivity index (χ4v) is 5.58. The van der Waals surface area contributed by atoms with Crippen LogP contribution >= 0.6 is 39.1 Å². The van der Waals surface area contributed by atoms with E-state index in [0.29, 0.717) is 23.9 Å². The lowest BCUT2D eigenvalue weighted by Crippen LogP contribution is -2.39. The Morgan fingerprint density at radius 2 is 1.95 bits per heavy atom. The van der Waals surface area contributed by atoms with Crippen LogP contribution in [0.15, 0.2) is 21.5 Å². The van der Waals surface area contributed by atoms with E-state index in [-0.39, 0.29) is 27.4 Å². The molecular weight excluding hydrogens is 387 g/mol. The number of rotatable bonds is 2. The average Bonchev–Trinajstić information content (AvgIpc) is 2.37. The molecule has 1 atom stereocenters. The van der Waals surface area contributed by atoms with Crippen molar-refractivity contribution in [3.8, 4) is 6.07 Å². The van der Waals surface area contributed by atoms with E-state index >= 15 is 0 Å². The SMILES string of the molecule is N#CC1CCCN(S(=O)(=O)c2c(Cl)cc(Br)cc2Cl)C1. The monoisotopic (exact) mass is 396 g/mol. The highest BCUT2D eigenvalue weighted by Gasteiger charge is 2.33. The van der Waals surface area contributed by atoms with Gasteiger partial charge in [0.25, 0.3) is 0 Å². The Morgan fingerprint density at radius 1 is 1.35 bits per heavy atom. The Kier molecular flexibility index (Phi) is 4.98. The highest BCUT2D eigenvalue weighted by atomic mass is 79.9. The summed E-state index contributed by atoms with van der Waals surface area (Å²) < 4.78 is 27.2. The minimum atomic E-state index is -3.79. The molecule has 0 amide bonds. The topological polar surface area (TPSA) is 61.2 Å². The molecule has 4 nitrogen and oxygen atoms in total. The van der Waals surface area contributed by atoms with E-state index in [1.807, 2.05) is 0 Å². The number of nitriles is 1. The highest BCUT2D eigenvalue weighted by Crippen LogP contribution is 2.35. The van der Waals surface area contributed by atoms with Crippen molar-refractivity contribution in [1.82, 2.24) is 4.31 Å². The first-order valence-corrected chi connectivity index (χ1v) is 8.89. The minimum absolute atomic E-state index is 0.0726. The Balaban J connectivity index is 2.43. The van der Waals surface area contributed by atoms with E-state index in [4.69, 9.17) is 28.5 Å². The van der Waals surface area contributed by atoms with E-state index in [1.54, 1.807) is 0 Å². The summed E-state index contributed by atoms with van der Waals surface area (Å²) in [4.78, 5) is -0.0948. The van der Waals surface area contributed by atoms with Crippen LogP contribution in [-0.4, -0.2) is 25.8 Å². The van der Waals surface area contributed by atoms with Crippen LogP contribution < -0.4 is 0 Å². The molecule has 1 unspecified atom stereocenters. The maximum Gasteiger partial charge on any atom is 0.246 e. The van der Waals surface area contributed by atoms with Gasteiger partial charge < -0.3 is 0 Å². The van der Waals surface area contributed by atoms with E-state index < -0.39 is 10.0 Å². The van der Waals surface area contributed by atoms with Gasteiger partial charge in [0.05, 0.1) is 22.0 Å². The van der Waals surface area contributed by atoms with Crippen LogP contribution in [0.3, 0.4) is 0 Å². The second kappa shape index (κ2) is 6.20. The standard InChI is InChI=1S/C12H11BrCl2N2O2S/c13-9-4-10(14)12(11(15)5-9)20(18,19)17-3-1-2-8(6-16)7-17/h4-5,8H,1-3,7H2. The number of halogens is 3. The smallest absolute Gasteiger partial charge is 0.207 e. The Bertz CT molecular complexity index is 650. The van der Waals surface area contributed by atoms with Crippen LogP contribution in [0.2, 0.25) is 10.0 Å². The molecule has 0 aliphatic carbocycles. The molecule has 0 aromatic heterocycles. The first kappa shape index (κ1) is 16.1. The van der Waals surface area contributed by atoms with Gasteiger partial charge in [0.1, 0.15) is 4.90 Å². The Morgan fingerprint density at radius 3 is 2.50 bits per heavy atom. The van der Waals surface area contributed by atoms with Crippen LogP contribution in [-0.2, 0) is 10.0 Å². The summed E-state index contributed by atoms with van der Waals surface area (Å²) >= 11 is 15.3. The van der Waals surface area contributed by atoms with Gasteiger partial charge >= 0.3 is 0 Å². The molecule has 1 aliphatic rings. The molecule has 1 fully saturated rings. The van der Waals surface area contributed by atoms with Gasteiger partial charge in [0.15, 0.2) is 0 Å². The number of hydrogen-bond donors (Lipinski definition) is 0. The third kappa shape index (κ3) is 3.12. The molecule has 0 bridgehead atoms. The normalized spacial score (nSPS) is 20.6. The van der Waals surface area contributed by atoms with Crippen molar-refractivity contribution in [3.63, 3.8) is 0 Å². The van der Waals surface area contributed by atoms with Gasteiger partial charge in [-0.3, -0.25) is 0 Å². The van der Waals surface area contributed by atoms with Crippen LogP contribution in [0.25, 0.3) is 0 Å². The zero-order valence-electron chi connectivity index (χ0n) is 10.3. The van der Waals surface area contributed by atoms with Gasteiger partial charge in [0.2, 0.25) is 10.0 Å². The molecular formula is C12H11BrCl2N2O2S. The molecule has 0 radical (unpaired) electrons. The van der Waals surface area contributed by atoms with E-state index in [9.17, 15) is 8.42 Å². The maximum atomic E-state index is 12.6. The first-order valence-electron chi connectivity index (χ1n) is 5.90. The van der Waals surface area contributed by atoms with Crippen molar-refractivity contribution in [1.29, 1.82) is 5.26 Å². The second-order valence-electron chi connectivity index (χ2n) is 4.53. The molecule has 1 aromatic carbocycles. The molecule has 0 N–H and O–H groups in total. The van der Waals surface area contributed by atoms with E-state index in [2.05, 4.69) is 22.0 Å². The minimum Gasteiger partial charge on any atom is -0.207 e. The summed E-state index contributed by atoms with van der Waals surface area (Å²) in [5, 5.41) is 9.11. The predicted octanol–water partition coefficient (Wildman–Crippen LogP) is 3.68. The van der Waals surface area contributed by atoms with Gasteiger partial charge in [0, 0.05) is 17.6 Å². The lowest BCUT2D eigenvalue weighted by molar-refractivity contribution is 0.305. The molecule has 1 aromatic rings. The lowest BCUT2D eigenvalue weighted by atomic mass is 10.0. The number of nitrogens with zero attached hydrogens (tertiary/aromatic N) is 2. The zero-order chi connectivity index (χ0) is 14.9. The molecule has 1 aliphatic heterocycles. The summed E-state index contributed by atoms with van der Waals surface area (Å²) in [5.74, 6) is -0.286. The average molecular weight is 398 g/mol. The van der Waals surface area contributed by atoms with Crippen molar-refractivity contribution >= 4 is 49.2 Å². The van der Waals surface area contributed by atoms with Gasteiger partial charge in [-0.25, -0.2) is 8.42 Å². The molecule has 8 heteroatoms. The highest BCUT2D eigenvalue weighted by molar-refractivity contribution is 9.10. The fraction of sp³-hybridized carbons (Fsp3) is 0.417. The quantitative estimate of drug-likeness (QED) is 0.764. The van der Waals surface area contributed by atoms with Crippen molar-refractivity contribution in [2.75, 3.05) is 13.1 Å². The lowest BCUT2D eigenvalue weighted by Gasteiger charge is -2.29. The molecule has 0 saturated carbocycles. The summed E-state index contributed by atoms with van der Waals surface area (Å²) in [6, 6.07) is 5.10. The largest absolute Gasteiger partial charge is 0.246 e. The third-order valence-corrected chi connectivity index (χ3v) is 6.37. The first-order chi connectivity index (χ1) is 9.36. The predicted molar refractivity (Wildman–Crippen MR) is 81.3 cm³/mol. The number of piperidine rings is 1. The summed E-state index contributed by atoms with van der Waals surface area (Å²) in [6.07, 6.45) is 1.37. The van der Waals surface area contributed by atoms with E-state index in [0.717, 1.165) is 0 Å². The number of hydrogen-bond acceptors (Lipinski definition) is 3. The molecule has 1 heterocycles. The fourth-order valence-electron chi connectivity index (χ4n) is 2.17. The molecule has 20 heavy (non-hydrogen) atoms. The van der Waals surface area contributed by atoms with Crippen molar-refractivity contribution in [2.24, 2.45) is 5.92 Å². The van der Waals surface area contributed by atoms with Crippen molar-refractivity contribution in [2.45, 2.75) is 17.7 Å². The van der Waals surface area contributed by atoms with Gasteiger partial charge in [-0.15, -0.1) is 0 Å². The van der Waals surface area contributed by atoms with Crippen molar-refractivity contribution < 1.29 is 8.42 Å². The Hall–Kier alpha value is -0.320. The third-order valence-electron chi connectivity index (χ3n) is 3.13. The van der Waals surface area contributed by atoms with Crippen LogP contribution in [0.1, 0.15) is 12.8 Å². The second-order valence-corrected chi connectivity index (χ2v) is 8.13. The maximum absolute atomic E-state index is 12.6.